The van der Waals surface area contributed by atoms with Gasteiger partial charge in [-0.15, -0.1) is 0 Å². The van der Waals surface area contributed by atoms with Gasteiger partial charge in [0.05, 0.1) is 11.0 Å². The SMILES string of the molecule is Cn1ccnc1CCNCc1cc(Br)c(Br)o1. The second-order valence-electron chi connectivity index (χ2n) is 3.72. The Kier molecular flexibility index (Phi) is 4.42. The molecule has 0 aliphatic carbocycles. The third-order valence-electron chi connectivity index (χ3n) is 2.44. The zero-order valence-corrected chi connectivity index (χ0v) is 12.6. The molecule has 0 aliphatic rings. The summed E-state index contributed by atoms with van der Waals surface area (Å²) in [5.74, 6) is 1.99. The Morgan fingerprint density at radius 3 is 2.88 bits per heavy atom. The molecule has 2 aromatic rings. The molecule has 0 bridgehead atoms. The summed E-state index contributed by atoms with van der Waals surface area (Å²) in [6, 6.07) is 1.96. The van der Waals surface area contributed by atoms with Crippen molar-refractivity contribution in [3.8, 4) is 0 Å². The van der Waals surface area contributed by atoms with Gasteiger partial charge in [0.25, 0.3) is 0 Å². The predicted octanol–water partition coefficient (Wildman–Crippen LogP) is 2.87. The molecule has 92 valence electrons. The maximum atomic E-state index is 5.46. The van der Waals surface area contributed by atoms with Gasteiger partial charge in [0.15, 0.2) is 4.67 Å². The summed E-state index contributed by atoms with van der Waals surface area (Å²) < 4.78 is 9.17. The average molecular weight is 363 g/mol. The van der Waals surface area contributed by atoms with Crippen molar-refractivity contribution in [2.45, 2.75) is 13.0 Å². The monoisotopic (exact) mass is 361 g/mol. The van der Waals surface area contributed by atoms with Crippen LogP contribution in [-0.4, -0.2) is 16.1 Å². The average Bonchev–Trinajstić information content (AvgIpc) is 2.82. The maximum absolute atomic E-state index is 5.46. The fraction of sp³-hybridized carbons (Fsp3) is 0.364. The predicted molar refractivity (Wildman–Crippen MR) is 72.7 cm³/mol. The molecule has 0 radical (unpaired) electrons. The number of rotatable bonds is 5. The van der Waals surface area contributed by atoms with Crippen LogP contribution in [0.5, 0.6) is 0 Å². The zero-order chi connectivity index (χ0) is 12.3. The van der Waals surface area contributed by atoms with E-state index >= 15 is 0 Å². The minimum Gasteiger partial charge on any atom is -0.452 e. The largest absolute Gasteiger partial charge is 0.452 e. The topological polar surface area (TPSA) is 43.0 Å². The highest BCUT2D eigenvalue weighted by atomic mass is 79.9. The molecule has 0 saturated heterocycles. The number of imidazole rings is 1. The first-order valence-electron chi connectivity index (χ1n) is 5.27. The molecule has 0 amide bonds. The number of nitrogens with one attached hydrogen (secondary N) is 1. The van der Waals surface area contributed by atoms with Crippen LogP contribution in [0.1, 0.15) is 11.6 Å². The van der Waals surface area contributed by atoms with Crippen molar-refractivity contribution in [3.63, 3.8) is 0 Å². The molecule has 1 N–H and O–H groups in total. The van der Waals surface area contributed by atoms with Crippen molar-refractivity contribution < 1.29 is 4.42 Å². The van der Waals surface area contributed by atoms with E-state index < -0.39 is 0 Å². The second-order valence-corrected chi connectivity index (χ2v) is 5.29. The van der Waals surface area contributed by atoms with Crippen LogP contribution >= 0.6 is 31.9 Å². The van der Waals surface area contributed by atoms with E-state index in [-0.39, 0.29) is 0 Å². The van der Waals surface area contributed by atoms with Crippen LogP contribution in [0.2, 0.25) is 0 Å². The molecule has 0 aliphatic heterocycles. The minimum atomic E-state index is 0.717. The second kappa shape index (κ2) is 5.84. The Labute approximate surface area is 117 Å². The van der Waals surface area contributed by atoms with Crippen LogP contribution in [-0.2, 0) is 20.0 Å². The Balaban J connectivity index is 1.75. The Morgan fingerprint density at radius 2 is 2.29 bits per heavy atom. The van der Waals surface area contributed by atoms with E-state index in [1.807, 2.05) is 30.1 Å². The van der Waals surface area contributed by atoms with Crippen LogP contribution in [0.15, 0.2) is 32.0 Å². The molecule has 17 heavy (non-hydrogen) atoms. The summed E-state index contributed by atoms with van der Waals surface area (Å²) in [6.07, 6.45) is 4.68. The van der Waals surface area contributed by atoms with E-state index in [1.54, 1.807) is 0 Å². The first kappa shape index (κ1) is 12.9. The number of aryl methyl sites for hydroxylation is 1. The van der Waals surface area contributed by atoms with Gasteiger partial charge in [-0.05, 0) is 37.9 Å². The van der Waals surface area contributed by atoms with Gasteiger partial charge in [-0.25, -0.2) is 4.98 Å². The van der Waals surface area contributed by atoms with E-state index in [4.69, 9.17) is 4.42 Å². The van der Waals surface area contributed by atoms with E-state index in [2.05, 4.69) is 42.2 Å². The summed E-state index contributed by atoms with van der Waals surface area (Å²) in [6.45, 7) is 1.59. The van der Waals surface area contributed by atoms with Gasteiger partial charge in [-0.3, -0.25) is 0 Å². The van der Waals surface area contributed by atoms with Crippen LogP contribution in [0.4, 0.5) is 0 Å². The lowest BCUT2D eigenvalue weighted by atomic mass is 10.4. The number of nitrogens with zero attached hydrogens (tertiary/aromatic N) is 2. The summed E-state index contributed by atoms with van der Waals surface area (Å²) >= 11 is 6.70. The van der Waals surface area contributed by atoms with Gasteiger partial charge in [0, 0.05) is 32.4 Å². The van der Waals surface area contributed by atoms with Crippen LogP contribution in [0.3, 0.4) is 0 Å². The molecule has 6 heteroatoms. The molecule has 0 saturated carbocycles. The number of hydrogen-bond acceptors (Lipinski definition) is 3. The van der Waals surface area contributed by atoms with Gasteiger partial charge in [-0.2, -0.15) is 0 Å². The van der Waals surface area contributed by atoms with Crippen molar-refractivity contribution in [1.29, 1.82) is 0 Å². The third kappa shape index (κ3) is 3.43. The molecule has 0 unspecified atom stereocenters. The van der Waals surface area contributed by atoms with Gasteiger partial charge >= 0.3 is 0 Å². The van der Waals surface area contributed by atoms with Crippen molar-refractivity contribution in [2.75, 3.05) is 6.54 Å². The minimum absolute atomic E-state index is 0.717. The van der Waals surface area contributed by atoms with Gasteiger partial charge < -0.3 is 14.3 Å². The van der Waals surface area contributed by atoms with E-state index in [0.29, 0.717) is 6.54 Å². The summed E-state index contributed by atoms with van der Waals surface area (Å²) in [7, 11) is 2.00. The number of halogens is 2. The molecule has 0 fully saturated rings. The molecular weight excluding hydrogens is 350 g/mol. The first-order valence-corrected chi connectivity index (χ1v) is 6.86. The molecule has 0 atom stereocenters. The van der Waals surface area contributed by atoms with Gasteiger partial charge in [-0.1, -0.05) is 0 Å². The highest BCUT2D eigenvalue weighted by Crippen LogP contribution is 2.26. The summed E-state index contributed by atoms with van der Waals surface area (Å²) in [5, 5.41) is 3.32. The molecule has 2 aromatic heterocycles. The third-order valence-corrected chi connectivity index (χ3v) is 4.15. The smallest absolute Gasteiger partial charge is 0.183 e. The summed E-state index contributed by atoms with van der Waals surface area (Å²) in [5.41, 5.74) is 0. The molecule has 4 nitrogen and oxygen atoms in total. The normalized spacial score (nSPS) is 11.0. The molecule has 0 aromatic carbocycles. The van der Waals surface area contributed by atoms with Crippen LogP contribution in [0.25, 0.3) is 0 Å². The molecule has 0 spiro atoms. The molecule has 2 rings (SSSR count). The lowest BCUT2D eigenvalue weighted by molar-refractivity contribution is 0.464. The lowest BCUT2D eigenvalue weighted by Crippen LogP contribution is -2.17. The van der Waals surface area contributed by atoms with Gasteiger partial charge in [0.1, 0.15) is 11.6 Å². The quantitative estimate of drug-likeness (QED) is 0.831. The maximum Gasteiger partial charge on any atom is 0.183 e. The van der Waals surface area contributed by atoms with Crippen molar-refractivity contribution in [2.24, 2.45) is 7.05 Å². The highest BCUT2D eigenvalue weighted by molar-refractivity contribution is 9.13. The first-order chi connectivity index (χ1) is 8.16. The lowest BCUT2D eigenvalue weighted by Gasteiger charge is -2.03. The molecular formula is C11H13Br2N3O. The number of aromatic nitrogens is 2. The number of furan rings is 1. The van der Waals surface area contributed by atoms with Crippen LogP contribution in [0, 0.1) is 0 Å². The zero-order valence-electron chi connectivity index (χ0n) is 9.41. The number of hydrogen-bond donors (Lipinski definition) is 1. The van der Waals surface area contributed by atoms with Gasteiger partial charge in [0.2, 0.25) is 0 Å². The van der Waals surface area contributed by atoms with Crippen molar-refractivity contribution in [1.82, 2.24) is 14.9 Å². The van der Waals surface area contributed by atoms with Crippen molar-refractivity contribution >= 4 is 31.9 Å². The Morgan fingerprint density at radius 1 is 1.47 bits per heavy atom. The fourth-order valence-electron chi connectivity index (χ4n) is 1.53. The summed E-state index contributed by atoms with van der Waals surface area (Å²) in [4.78, 5) is 4.26. The molecule has 2 heterocycles. The van der Waals surface area contributed by atoms with E-state index in [1.165, 1.54) is 0 Å². The van der Waals surface area contributed by atoms with E-state index in [0.717, 1.165) is 33.7 Å². The van der Waals surface area contributed by atoms with E-state index in [9.17, 15) is 0 Å². The Hall–Kier alpha value is -0.590. The fourth-order valence-corrected chi connectivity index (χ4v) is 2.19. The van der Waals surface area contributed by atoms with Crippen molar-refractivity contribution in [3.05, 3.63) is 39.2 Å². The standard InChI is InChI=1S/C11H13Br2N3O/c1-16-5-4-15-10(16)2-3-14-7-8-6-9(12)11(13)17-8/h4-6,14H,2-3,7H2,1H3. The Bertz CT molecular complexity index is 473. The van der Waals surface area contributed by atoms with Crippen LogP contribution < -0.4 is 5.32 Å². The highest BCUT2D eigenvalue weighted by Gasteiger charge is 2.05.